The van der Waals surface area contributed by atoms with E-state index >= 15 is 0 Å². The fourth-order valence-corrected chi connectivity index (χ4v) is 2.25. The highest BCUT2D eigenvalue weighted by Crippen LogP contribution is 2.29. The first-order valence-electron chi connectivity index (χ1n) is 6.43. The molecule has 20 heavy (non-hydrogen) atoms. The van der Waals surface area contributed by atoms with Gasteiger partial charge in [-0.25, -0.2) is 4.98 Å². The van der Waals surface area contributed by atoms with Gasteiger partial charge in [-0.2, -0.15) is 13.2 Å². The van der Waals surface area contributed by atoms with Gasteiger partial charge in [-0.05, 0) is 6.42 Å². The summed E-state index contributed by atoms with van der Waals surface area (Å²) in [6.45, 7) is 3.42. The topological polar surface area (TPSA) is 49.3 Å². The molecule has 0 aliphatic heterocycles. The van der Waals surface area contributed by atoms with Crippen LogP contribution >= 0.6 is 11.3 Å². The molecule has 0 aliphatic rings. The van der Waals surface area contributed by atoms with Crippen molar-refractivity contribution in [2.45, 2.75) is 32.4 Å². The van der Waals surface area contributed by atoms with Gasteiger partial charge < -0.3 is 10.6 Å². The Bertz CT molecular complexity index is 429. The van der Waals surface area contributed by atoms with Crippen LogP contribution in [0.15, 0.2) is 10.4 Å². The monoisotopic (exact) mass is 308 g/mol. The molecule has 0 bridgehead atoms. The Labute approximate surface area is 120 Å². The van der Waals surface area contributed by atoms with E-state index in [9.17, 15) is 13.2 Å². The van der Waals surface area contributed by atoms with E-state index in [0.717, 1.165) is 36.1 Å². The lowest BCUT2D eigenvalue weighted by Crippen LogP contribution is -2.38. The number of rotatable bonds is 6. The van der Waals surface area contributed by atoms with Crippen molar-refractivity contribution in [2.24, 2.45) is 4.99 Å². The quantitative estimate of drug-likeness (QED) is 0.482. The Morgan fingerprint density at radius 2 is 2.05 bits per heavy atom. The Kier molecular flexibility index (Phi) is 6.77. The van der Waals surface area contributed by atoms with Crippen LogP contribution in [0.1, 0.15) is 30.5 Å². The summed E-state index contributed by atoms with van der Waals surface area (Å²) < 4.78 is 37.1. The predicted octanol–water partition coefficient (Wildman–Crippen LogP) is 2.67. The molecule has 0 aromatic carbocycles. The third kappa shape index (κ3) is 5.77. The van der Waals surface area contributed by atoms with Crippen molar-refractivity contribution in [3.63, 3.8) is 0 Å². The molecule has 0 radical (unpaired) electrons. The molecule has 1 aromatic heterocycles. The largest absolute Gasteiger partial charge is 0.434 e. The molecule has 0 amide bonds. The first kappa shape index (κ1) is 16.7. The van der Waals surface area contributed by atoms with Crippen LogP contribution in [-0.2, 0) is 12.6 Å². The van der Waals surface area contributed by atoms with Gasteiger partial charge in [0.15, 0.2) is 11.7 Å². The van der Waals surface area contributed by atoms with Crippen molar-refractivity contribution < 1.29 is 13.2 Å². The Balaban J connectivity index is 2.34. The van der Waals surface area contributed by atoms with E-state index in [2.05, 4.69) is 27.5 Å². The van der Waals surface area contributed by atoms with Crippen LogP contribution in [0.2, 0.25) is 0 Å². The lowest BCUT2D eigenvalue weighted by atomic mass is 10.3. The number of unbranched alkanes of at least 4 members (excludes halogenated alkanes) is 1. The van der Waals surface area contributed by atoms with Crippen LogP contribution in [-0.4, -0.2) is 31.1 Å². The number of alkyl halides is 3. The minimum Gasteiger partial charge on any atom is -0.356 e. The number of aliphatic imine (C=N–C) groups is 1. The SMILES string of the molecule is CCCCNC(=NC)NCCc1nc(C(F)(F)F)cs1. The van der Waals surface area contributed by atoms with Gasteiger partial charge in [0, 0.05) is 31.9 Å². The molecule has 0 unspecified atom stereocenters. The number of nitrogens with zero attached hydrogens (tertiary/aromatic N) is 2. The van der Waals surface area contributed by atoms with Gasteiger partial charge in [-0.15, -0.1) is 11.3 Å². The third-order valence-electron chi connectivity index (χ3n) is 2.52. The Morgan fingerprint density at radius 3 is 2.60 bits per heavy atom. The first-order chi connectivity index (χ1) is 9.47. The Morgan fingerprint density at radius 1 is 1.35 bits per heavy atom. The second-order valence-corrected chi connectivity index (χ2v) is 5.10. The van der Waals surface area contributed by atoms with E-state index < -0.39 is 11.9 Å². The minimum absolute atomic E-state index is 0.440. The molecule has 1 heterocycles. The molecule has 1 aromatic rings. The highest BCUT2D eigenvalue weighted by molar-refractivity contribution is 7.09. The number of nitrogens with one attached hydrogen (secondary N) is 2. The summed E-state index contributed by atoms with van der Waals surface area (Å²) in [6.07, 6.45) is -1.79. The van der Waals surface area contributed by atoms with Gasteiger partial charge >= 0.3 is 6.18 Å². The van der Waals surface area contributed by atoms with Crippen molar-refractivity contribution in [1.29, 1.82) is 0 Å². The maximum atomic E-state index is 12.4. The highest BCUT2D eigenvalue weighted by Gasteiger charge is 2.33. The zero-order chi connectivity index (χ0) is 15.0. The maximum Gasteiger partial charge on any atom is 0.434 e. The van der Waals surface area contributed by atoms with Crippen LogP contribution in [0, 0.1) is 0 Å². The van der Waals surface area contributed by atoms with Gasteiger partial charge in [0.05, 0.1) is 5.01 Å². The number of hydrogen-bond donors (Lipinski definition) is 2. The van der Waals surface area contributed by atoms with Crippen LogP contribution in [0.25, 0.3) is 0 Å². The second-order valence-electron chi connectivity index (χ2n) is 4.15. The summed E-state index contributed by atoms with van der Waals surface area (Å²) in [5, 5.41) is 7.69. The molecule has 0 spiro atoms. The summed E-state index contributed by atoms with van der Waals surface area (Å²) in [4.78, 5) is 7.61. The first-order valence-corrected chi connectivity index (χ1v) is 7.31. The van der Waals surface area contributed by atoms with Gasteiger partial charge in [-0.1, -0.05) is 13.3 Å². The van der Waals surface area contributed by atoms with Crippen molar-refractivity contribution in [3.8, 4) is 0 Å². The van der Waals surface area contributed by atoms with Crippen LogP contribution in [0.3, 0.4) is 0 Å². The molecule has 4 nitrogen and oxygen atoms in total. The van der Waals surface area contributed by atoms with E-state index in [1.807, 2.05) is 0 Å². The predicted molar refractivity (Wildman–Crippen MR) is 75.1 cm³/mol. The van der Waals surface area contributed by atoms with Gasteiger partial charge in [0.1, 0.15) is 0 Å². The normalized spacial score (nSPS) is 12.6. The summed E-state index contributed by atoms with van der Waals surface area (Å²) in [5.41, 5.74) is -0.817. The highest BCUT2D eigenvalue weighted by atomic mass is 32.1. The van der Waals surface area contributed by atoms with Crippen molar-refractivity contribution in [1.82, 2.24) is 15.6 Å². The van der Waals surface area contributed by atoms with E-state index in [0.29, 0.717) is 23.9 Å². The van der Waals surface area contributed by atoms with Crippen LogP contribution in [0.4, 0.5) is 13.2 Å². The molecular weight excluding hydrogens is 289 g/mol. The number of thiazole rings is 1. The minimum atomic E-state index is -4.36. The molecule has 0 saturated carbocycles. The molecule has 0 fully saturated rings. The van der Waals surface area contributed by atoms with Crippen molar-refractivity contribution in [3.05, 3.63) is 16.1 Å². The molecule has 2 N–H and O–H groups in total. The van der Waals surface area contributed by atoms with Crippen molar-refractivity contribution in [2.75, 3.05) is 20.1 Å². The van der Waals surface area contributed by atoms with E-state index in [1.165, 1.54) is 0 Å². The van der Waals surface area contributed by atoms with E-state index in [4.69, 9.17) is 0 Å². The standard InChI is InChI=1S/C12H19F3N4S/c1-3-4-6-17-11(16-2)18-7-5-10-19-9(8-20-10)12(13,14)15/h8H,3-7H2,1-2H3,(H2,16,17,18). The van der Waals surface area contributed by atoms with Gasteiger partial charge in [0.25, 0.3) is 0 Å². The molecule has 8 heteroatoms. The summed E-state index contributed by atoms with van der Waals surface area (Å²) in [5.74, 6) is 0.658. The number of guanidine groups is 1. The number of aromatic nitrogens is 1. The average Bonchev–Trinajstić information content (AvgIpc) is 2.86. The Hall–Kier alpha value is -1.31. The molecule has 0 saturated heterocycles. The lowest BCUT2D eigenvalue weighted by Gasteiger charge is -2.10. The van der Waals surface area contributed by atoms with E-state index in [1.54, 1.807) is 7.05 Å². The lowest BCUT2D eigenvalue weighted by molar-refractivity contribution is -0.140. The molecule has 1 rings (SSSR count). The van der Waals surface area contributed by atoms with Crippen LogP contribution < -0.4 is 10.6 Å². The summed E-state index contributed by atoms with van der Waals surface area (Å²) in [6, 6.07) is 0. The van der Waals surface area contributed by atoms with E-state index in [-0.39, 0.29) is 0 Å². The maximum absolute atomic E-state index is 12.4. The fraction of sp³-hybridized carbons (Fsp3) is 0.667. The third-order valence-corrected chi connectivity index (χ3v) is 3.43. The molecule has 0 atom stereocenters. The van der Waals surface area contributed by atoms with Gasteiger partial charge in [-0.3, -0.25) is 4.99 Å². The molecular formula is C12H19F3N4S. The zero-order valence-electron chi connectivity index (χ0n) is 11.5. The molecule has 0 aliphatic carbocycles. The fourth-order valence-electron chi connectivity index (χ4n) is 1.45. The van der Waals surface area contributed by atoms with Crippen LogP contribution in [0.5, 0.6) is 0 Å². The average molecular weight is 308 g/mol. The summed E-state index contributed by atoms with van der Waals surface area (Å²) >= 11 is 1.03. The molecule has 114 valence electrons. The van der Waals surface area contributed by atoms with Crippen molar-refractivity contribution >= 4 is 17.3 Å². The zero-order valence-corrected chi connectivity index (χ0v) is 12.4. The smallest absolute Gasteiger partial charge is 0.356 e. The second kappa shape index (κ2) is 8.08. The summed E-state index contributed by atoms with van der Waals surface area (Å²) in [7, 11) is 1.66. The number of hydrogen-bond acceptors (Lipinski definition) is 3. The van der Waals surface area contributed by atoms with Gasteiger partial charge in [0.2, 0.25) is 0 Å². The number of halogens is 3.